The molecule has 1 amide bonds. The van der Waals surface area contributed by atoms with Gasteiger partial charge in [0.2, 0.25) is 0 Å². The van der Waals surface area contributed by atoms with Gasteiger partial charge in [0.15, 0.2) is 6.61 Å². The number of fused-ring (bicyclic) bond motifs is 1. The molecule has 0 saturated carbocycles. The standard InChI is InChI=1S/C23H23N3O4/c1-29-20-11-5-4-10-19(20)24-21(27)15-30-23(28)17-14-16-8-2-3-9-18(16)25-22(17)26-12-6-7-13-26/h2-5,8-11,14H,6-7,12-13,15H2,1H3,(H,24,27). The Hall–Kier alpha value is -3.61. The van der Waals surface area contributed by atoms with Crippen molar-refractivity contribution in [3.63, 3.8) is 0 Å². The molecule has 7 heteroatoms. The Kier molecular flexibility index (Phi) is 5.79. The number of nitrogens with zero attached hydrogens (tertiary/aromatic N) is 2. The monoisotopic (exact) mass is 405 g/mol. The summed E-state index contributed by atoms with van der Waals surface area (Å²) in [5, 5.41) is 3.55. The molecule has 0 spiro atoms. The third-order valence-electron chi connectivity index (χ3n) is 5.04. The van der Waals surface area contributed by atoms with Crippen LogP contribution in [0.25, 0.3) is 10.9 Å². The van der Waals surface area contributed by atoms with Crippen LogP contribution in [0.5, 0.6) is 5.75 Å². The van der Waals surface area contributed by atoms with Gasteiger partial charge in [0.25, 0.3) is 5.91 Å². The van der Waals surface area contributed by atoms with Gasteiger partial charge < -0.3 is 19.7 Å². The van der Waals surface area contributed by atoms with Gasteiger partial charge in [-0.25, -0.2) is 9.78 Å². The molecular formula is C23H23N3O4. The van der Waals surface area contributed by atoms with Crippen LogP contribution in [-0.4, -0.2) is 43.7 Å². The molecule has 7 nitrogen and oxygen atoms in total. The largest absolute Gasteiger partial charge is 0.495 e. The number of carbonyl (C=O) groups excluding carboxylic acids is 2. The number of rotatable bonds is 6. The van der Waals surface area contributed by atoms with Gasteiger partial charge in [-0.3, -0.25) is 4.79 Å². The zero-order chi connectivity index (χ0) is 20.9. The molecule has 0 aliphatic carbocycles. The minimum Gasteiger partial charge on any atom is -0.495 e. The lowest BCUT2D eigenvalue weighted by Gasteiger charge is -2.20. The molecule has 1 aliphatic heterocycles. The number of anilines is 2. The third-order valence-corrected chi connectivity index (χ3v) is 5.04. The molecule has 3 aromatic rings. The second kappa shape index (κ2) is 8.82. The van der Waals surface area contributed by atoms with E-state index in [0.29, 0.717) is 22.8 Å². The van der Waals surface area contributed by atoms with E-state index in [-0.39, 0.29) is 0 Å². The van der Waals surface area contributed by atoms with E-state index in [1.54, 1.807) is 30.3 Å². The van der Waals surface area contributed by atoms with E-state index in [1.165, 1.54) is 7.11 Å². The summed E-state index contributed by atoms with van der Waals surface area (Å²) in [7, 11) is 1.53. The van der Waals surface area contributed by atoms with Crippen LogP contribution in [0.15, 0.2) is 54.6 Å². The number of ether oxygens (including phenoxy) is 2. The Bertz CT molecular complexity index is 1080. The number of pyridine rings is 1. The second-order valence-corrected chi connectivity index (χ2v) is 7.07. The highest BCUT2D eigenvalue weighted by Gasteiger charge is 2.23. The summed E-state index contributed by atoms with van der Waals surface area (Å²) >= 11 is 0. The quantitative estimate of drug-likeness (QED) is 0.631. The van der Waals surface area contributed by atoms with Gasteiger partial charge in [0.1, 0.15) is 17.1 Å². The van der Waals surface area contributed by atoms with Gasteiger partial charge >= 0.3 is 5.97 Å². The smallest absolute Gasteiger partial charge is 0.342 e. The predicted octanol–water partition coefficient (Wildman–Crippen LogP) is 3.64. The van der Waals surface area contributed by atoms with Crippen molar-refractivity contribution in [2.75, 3.05) is 37.0 Å². The van der Waals surface area contributed by atoms with Crippen molar-refractivity contribution in [3.8, 4) is 5.75 Å². The number of methoxy groups -OCH3 is 1. The summed E-state index contributed by atoms with van der Waals surface area (Å²) in [5.41, 5.74) is 1.72. The molecule has 2 aromatic carbocycles. The molecule has 2 heterocycles. The zero-order valence-corrected chi connectivity index (χ0v) is 16.8. The Morgan fingerprint density at radius 2 is 1.80 bits per heavy atom. The summed E-state index contributed by atoms with van der Waals surface area (Å²) in [6, 6.07) is 16.5. The minimum atomic E-state index is -0.565. The van der Waals surface area contributed by atoms with Crippen LogP contribution in [0.3, 0.4) is 0 Å². The summed E-state index contributed by atoms with van der Waals surface area (Å²) in [4.78, 5) is 32.0. The van der Waals surface area contributed by atoms with Crippen molar-refractivity contribution in [2.24, 2.45) is 0 Å². The molecule has 1 aromatic heterocycles. The van der Waals surface area contributed by atoms with Crippen LogP contribution in [0.4, 0.5) is 11.5 Å². The molecule has 0 bridgehead atoms. The minimum absolute atomic E-state index is 0.376. The van der Waals surface area contributed by atoms with Crippen LogP contribution in [0.1, 0.15) is 23.2 Å². The molecule has 1 fully saturated rings. The number of nitrogens with one attached hydrogen (secondary N) is 1. The summed E-state index contributed by atoms with van der Waals surface area (Å²) < 4.78 is 10.5. The van der Waals surface area contributed by atoms with Gasteiger partial charge in [-0.15, -0.1) is 0 Å². The number of aromatic nitrogens is 1. The van der Waals surface area contributed by atoms with Gasteiger partial charge in [-0.05, 0) is 37.1 Å². The van der Waals surface area contributed by atoms with Crippen LogP contribution >= 0.6 is 0 Å². The molecule has 30 heavy (non-hydrogen) atoms. The highest BCUT2D eigenvalue weighted by molar-refractivity contribution is 6.01. The van der Waals surface area contributed by atoms with Gasteiger partial charge in [0, 0.05) is 18.5 Å². The molecule has 154 valence electrons. The number of hydrogen-bond donors (Lipinski definition) is 1. The lowest BCUT2D eigenvalue weighted by Crippen LogP contribution is -2.25. The van der Waals surface area contributed by atoms with E-state index in [2.05, 4.69) is 10.2 Å². The Balaban J connectivity index is 1.51. The van der Waals surface area contributed by atoms with Crippen molar-refractivity contribution in [1.82, 2.24) is 4.98 Å². The number of hydrogen-bond acceptors (Lipinski definition) is 6. The normalized spacial score (nSPS) is 13.3. The SMILES string of the molecule is COc1ccccc1NC(=O)COC(=O)c1cc2ccccc2nc1N1CCCC1. The van der Waals surface area contributed by atoms with Gasteiger partial charge in [-0.2, -0.15) is 0 Å². The van der Waals surface area contributed by atoms with Crippen LogP contribution < -0.4 is 15.0 Å². The van der Waals surface area contributed by atoms with E-state index in [1.807, 2.05) is 24.3 Å². The van der Waals surface area contributed by atoms with Crippen molar-refractivity contribution in [2.45, 2.75) is 12.8 Å². The van der Waals surface area contributed by atoms with E-state index < -0.39 is 18.5 Å². The maximum atomic E-state index is 12.9. The van der Waals surface area contributed by atoms with Crippen molar-refractivity contribution in [1.29, 1.82) is 0 Å². The number of carbonyl (C=O) groups is 2. The number of amides is 1. The van der Waals surface area contributed by atoms with Crippen LogP contribution in [0.2, 0.25) is 0 Å². The molecular weight excluding hydrogens is 382 g/mol. The summed E-state index contributed by atoms with van der Waals surface area (Å²) in [6.07, 6.45) is 2.12. The third kappa shape index (κ3) is 4.20. The first-order valence-electron chi connectivity index (χ1n) is 9.90. The molecule has 1 aliphatic rings. The van der Waals surface area contributed by atoms with E-state index in [0.717, 1.165) is 36.8 Å². The van der Waals surface area contributed by atoms with E-state index in [4.69, 9.17) is 14.5 Å². The average molecular weight is 405 g/mol. The number of esters is 1. The predicted molar refractivity (Wildman–Crippen MR) is 115 cm³/mol. The number of para-hydroxylation sites is 3. The van der Waals surface area contributed by atoms with Crippen molar-refractivity contribution < 1.29 is 19.1 Å². The first kappa shape index (κ1) is 19.7. The van der Waals surface area contributed by atoms with Gasteiger partial charge in [0.05, 0.1) is 18.3 Å². The molecule has 0 atom stereocenters. The summed E-state index contributed by atoms with van der Waals surface area (Å²) in [5.74, 6) is 0.142. The lowest BCUT2D eigenvalue weighted by atomic mass is 10.1. The zero-order valence-electron chi connectivity index (χ0n) is 16.8. The first-order valence-corrected chi connectivity index (χ1v) is 9.90. The fourth-order valence-corrected chi connectivity index (χ4v) is 3.57. The first-order chi connectivity index (χ1) is 14.7. The Labute approximate surface area is 174 Å². The maximum absolute atomic E-state index is 12.9. The van der Waals surface area contributed by atoms with Crippen LogP contribution in [0, 0.1) is 0 Å². The molecule has 1 N–H and O–H groups in total. The Morgan fingerprint density at radius 1 is 1.07 bits per heavy atom. The topological polar surface area (TPSA) is 80.8 Å². The van der Waals surface area contributed by atoms with Crippen LogP contribution in [-0.2, 0) is 9.53 Å². The maximum Gasteiger partial charge on any atom is 0.342 e. The highest BCUT2D eigenvalue weighted by atomic mass is 16.5. The molecule has 0 radical (unpaired) electrons. The molecule has 4 rings (SSSR count). The van der Waals surface area contributed by atoms with Crippen molar-refractivity contribution in [3.05, 3.63) is 60.2 Å². The Morgan fingerprint density at radius 3 is 2.60 bits per heavy atom. The van der Waals surface area contributed by atoms with E-state index in [9.17, 15) is 9.59 Å². The lowest BCUT2D eigenvalue weighted by molar-refractivity contribution is -0.119. The number of benzene rings is 2. The average Bonchev–Trinajstić information content (AvgIpc) is 3.32. The summed E-state index contributed by atoms with van der Waals surface area (Å²) in [6.45, 7) is 1.29. The molecule has 0 unspecified atom stereocenters. The molecule has 1 saturated heterocycles. The highest BCUT2D eigenvalue weighted by Crippen LogP contribution is 2.27. The van der Waals surface area contributed by atoms with E-state index >= 15 is 0 Å². The fourth-order valence-electron chi connectivity index (χ4n) is 3.57. The van der Waals surface area contributed by atoms with Gasteiger partial charge in [-0.1, -0.05) is 30.3 Å². The second-order valence-electron chi connectivity index (χ2n) is 7.07. The fraction of sp³-hybridized carbons (Fsp3) is 0.261. The van der Waals surface area contributed by atoms with Crippen molar-refractivity contribution >= 4 is 34.3 Å².